The van der Waals surface area contributed by atoms with Crippen LogP contribution in [0.4, 0.5) is 26.3 Å². The quantitative estimate of drug-likeness (QED) is 0.0800. The van der Waals surface area contributed by atoms with Crippen LogP contribution in [0.15, 0.2) is 54.6 Å². The Balaban J connectivity index is 2.64. The lowest BCUT2D eigenvalue weighted by molar-refractivity contribution is -0.256. The molecule has 340 valence electrons. The Morgan fingerprint density at radius 3 is 1.58 bits per heavy atom. The fraction of sp³-hybridized carbons (Fsp3) is 0.694. The predicted molar refractivity (Wildman–Crippen MR) is 227 cm³/mol. The second kappa shape index (κ2) is 18.5. The first-order chi connectivity index (χ1) is 26.8. The van der Waals surface area contributed by atoms with Crippen molar-refractivity contribution in [2.45, 2.75) is 160 Å². The van der Waals surface area contributed by atoms with Crippen molar-refractivity contribution in [3.63, 3.8) is 0 Å². The number of ketones is 1. The third-order valence-electron chi connectivity index (χ3n) is 12.3. The van der Waals surface area contributed by atoms with Gasteiger partial charge in [-0.2, -0.15) is 22.0 Å². The minimum absolute atomic E-state index is 0.0435. The molecule has 0 aliphatic carbocycles. The highest BCUT2D eigenvalue weighted by Gasteiger charge is 2.59. The molecule has 2 aromatic carbocycles. The lowest BCUT2D eigenvalue weighted by atomic mass is 9.53. The van der Waals surface area contributed by atoms with Crippen molar-refractivity contribution in [1.82, 2.24) is 0 Å². The molecule has 0 bridgehead atoms. The molecule has 0 spiro atoms. The number of methoxy groups -OCH3 is 1. The van der Waals surface area contributed by atoms with E-state index in [1.807, 2.05) is 90.9 Å². The summed E-state index contributed by atoms with van der Waals surface area (Å²) in [6.45, 7) is 27.4. The number of ether oxygens (including phenoxy) is 2. The molecule has 2 rings (SSSR count). The topological polar surface area (TPSA) is 69.7 Å². The van der Waals surface area contributed by atoms with E-state index in [1.54, 1.807) is 32.9 Å². The van der Waals surface area contributed by atoms with Crippen molar-refractivity contribution in [2.75, 3.05) is 13.7 Å². The first-order valence-corrected chi connectivity index (χ1v) is 20.8. The van der Waals surface area contributed by atoms with Crippen molar-refractivity contribution in [2.24, 2.45) is 43.8 Å². The van der Waals surface area contributed by atoms with Crippen LogP contribution >= 0.6 is 0 Å². The summed E-state index contributed by atoms with van der Waals surface area (Å²) < 4.78 is 92.9. The van der Waals surface area contributed by atoms with E-state index in [9.17, 15) is 40.7 Å². The van der Waals surface area contributed by atoms with Crippen LogP contribution in [0.5, 0.6) is 0 Å². The van der Waals surface area contributed by atoms with Crippen LogP contribution < -0.4 is 0 Å². The van der Waals surface area contributed by atoms with Gasteiger partial charge < -0.3 is 9.47 Å². The second-order valence-corrected chi connectivity index (χ2v) is 22.6. The molecule has 5 nitrogen and oxygen atoms in total. The molecule has 11 heteroatoms. The molecule has 0 fully saturated rings. The maximum Gasteiger partial charge on any atom is 0.425 e. The van der Waals surface area contributed by atoms with Crippen molar-refractivity contribution >= 4 is 17.7 Å². The molecule has 0 amide bonds. The summed E-state index contributed by atoms with van der Waals surface area (Å²) in [5.41, 5.74) is -2.93. The Labute approximate surface area is 356 Å². The summed E-state index contributed by atoms with van der Waals surface area (Å²) in [7, 11) is 1.32. The van der Waals surface area contributed by atoms with Crippen molar-refractivity contribution < 1.29 is 50.2 Å². The number of carbonyl (C=O) groups is 3. The van der Waals surface area contributed by atoms with E-state index < -0.39 is 75.2 Å². The number of esters is 2. The number of benzene rings is 2. The van der Waals surface area contributed by atoms with E-state index >= 15 is 0 Å². The third kappa shape index (κ3) is 14.1. The second-order valence-electron chi connectivity index (χ2n) is 22.6. The van der Waals surface area contributed by atoms with E-state index in [0.717, 1.165) is 12.0 Å². The zero-order chi connectivity index (χ0) is 46.7. The molecule has 0 heterocycles. The summed E-state index contributed by atoms with van der Waals surface area (Å²) in [5, 5.41) is 0. The van der Waals surface area contributed by atoms with E-state index in [4.69, 9.17) is 9.47 Å². The summed E-state index contributed by atoms with van der Waals surface area (Å²) in [6, 6.07) is 16.6. The molecule has 60 heavy (non-hydrogen) atoms. The molecule has 4 unspecified atom stereocenters. The smallest absolute Gasteiger partial charge is 0.425 e. The SMILES string of the molecule is COC(=O)C(CC(C)(C)CC(C)(C)C(C)(CC(C)(C)CC(C)(C)C(CC(C)(C)C)c1ccc(C(=O)c2ccccc2)cc1)C(=O)OCC(F)(F)C(F)C(F)(F)F)C(C)(C)C. The zero-order valence-corrected chi connectivity index (χ0v) is 39.0. The van der Waals surface area contributed by atoms with Gasteiger partial charge in [0.25, 0.3) is 6.17 Å². The van der Waals surface area contributed by atoms with Crippen LogP contribution in [0, 0.1) is 43.8 Å². The molecule has 0 saturated heterocycles. The first kappa shape index (κ1) is 52.8. The predicted octanol–water partition coefficient (Wildman–Crippen LogP) is 14.0. The molecule has 0 aliphatic rings. The lowest BCUT2D eigenvalue weighted by Crippen LogP contribution is -2.51. The Morgan fingerprint density at radius 2 is 1.13 bits per heavy atom. The number of carbonyl (C=O) groups excluding carboxylic acids is 3. The molecular weight excluding hydrogens is 783 g/mol. The van der Waals surface area contributed by atoms with Crippen LogP contribution in [0.25, 0.3) is 0 Å². The van der Waals surface area contributed by atoms with Gasteiger partial charge in [-0.1, -0.05) is 152 Å². The van der Waals surface area contributed by atoms with E-state index in [0.29, 0.717) is 24.0 Å². The van der Waals surface area contributed by atoms with Crippen LogP contribution in [0.3, 0.4) is 0 Å². The molecule has 0 saturated carbocycles. The summed E-state index contributed by atoms with van der Waals surface area (Å²) >= 11 is 0. The van der Waals surface area contributed by atoms with Gasteiger partial charge >= 0.3 is 24.0 Å². The van der Waals surface area contributed by atoms with Gasteiger partial charge in [-0.3, -0.25) is 14.4 Å². The average Bonchev–Trinajstić information content (AvgIpc) is 3.08. The normalized spacial score (nSPS) is 16.4. The minimum atomic E-state index is -5.86. The minimum Gasteiger partial charge on any atom is -0.469 e. The molecule has 0 aliphatic heterocycles. The van der Waals surface area contributed by atoms with Crippen LogP contribution in [-0.2, 0) is 19.1 Å². The highest BCUT2D eigenvalue weighted by atomic mass is 19.4. The van der Waals surface area contributed by atoms with Gasteiger partial charge in [0.2, 0.25) is 0 Å². The molecule has 2 aromatic rings. The lowest BCUT2D eigenvalue weighted by Gasteiger charge is -2.51. The van der Waals surface area contributed by atoms with Crippen LogP contribution in [0.2, 0.25) is 0 Å². The number of hydrogen-bond donors (Lipinski definition) is 0. The Morgan fingerprint density at radius 1 is 0.633 bits per heavy atom. The maximum absolute atomic E-state index is 14.7. The maximum atomic E-state index is 14.7. The van der Waals surface area contributed by atoms with Crippen molar-refractivity contribution in [1.29, 1.82) is 0 Å². The molecule has 0 radical (unpaired) electrons. The standard InChI is InChI=1S/C49H72F6O5/c1-41(2,3)26-35(32-22-24-34(25-23-32)37(56)33-20-18-17-19-21-33)45(11,12)28-44(9,10)30-47(15,40(58)60-31-48(51,52)39(50)49(53,54)55)46(13,14)29-43(7,8)27-36(38(57)59-16)42(4,5)6/h17-25,35-36,39H,26-31H2,1-16H3. The summed E-state index contributed by atoms with van der Waals surface area (Å²) in [6.07, 6.45) is -8.41. The van der Waals surface area contributed by atoms with E-state index in [-0.39, 0.29) is 30.0 Å². The number of rotatable bonds is 19. The molecule has 0 aromatic heterocycles. The largest absolute Gasteiger partial charge is 0.469 e. The Bertz CT molecular complexity index is 1750. The molecule has 0 N–H and O–H groups in total. The Hall–Kier alpha value is -3.37. The van der Waals surface area contributed by atoms with Gasteiger partial charge in [-0.25, -0.2) is 4.39 Å². The molecule has 4 atom stereocenters. The van der Waals surface area contributed by atoms with Crippen LogP contribution in [0.1, 0.15) is 163 Å². The summed E-state index contributed by atoms with van der Waals surface area (Å²) in [5.74, 6) is -7.24. The van der Waals surface area contributed by atoms with E-state index in [2.05, 4.69) is 34.6 Å². The van der Waals surface area contributed by atoms with Gasteiger partial charge in [0.15, 0.2) is 12.4 Å². The van der Waals surface area contributed by atoms with Crippen molar-refractivity contribution in [3.8, 4) is 0 Å². The Kier molecular flexibility index (Phi) is 16.3. The fourth-order valence-corrected chi connectivity index (χ4v) is 9.58. The first-order valence-electron chi connectivity index (χ1n) is 20.8. The highest BCUT2D eigenvalue weighted by Crippen LogP contribution is 2.58. The van der Waals surface area contributed by atoms with Gasteiger partial charge in [-0.15, -0.1) is 0 Å². The van der Waals surface area contributed by atoms with Crippen LogP contribution in [-0.4, -0.2) is 49.7 Å². The number of alkyl halides is 6. The fourth-order valence-electron chi connectivity index (χ4n) is 9.58. The van der Waals surface area contributed by atoms with Gasteiger partial charge in [0.05, 0.1) is 18.4 Å². The number of hydrogen-bond acceptors (Lipinski definition) is 5. The van der Waals surface area contributed by atoms with Gasteiger partial charge in [-0.05, 0) is 83.0 Å². The van der Waals surface area contributed by atoms with E-state index in [1.165, 1.54) is 7.11 Å². The average molecular weight is 855 g/mol. The zero-order valence-electron chi connectivity index (χ0n) is 39.0. The van der Waals surface area contributed by atoms with Gasteiger partial charge in [0, 0.05) is 11.1 Å². The monoisotopic (exact) mass is 855 g/mol. The highest BCUT2D eigenvalue weighted by molar-refractivity contribution is 6.08. The summed E-state index contributed by atoms with van der Waals surface area (Å²) in [4.78, 5) is 40.6. The number of halogens is 6. The van der Waals surface area contributed by atoms with Gasteiger partial charge in [0.1, 0.15) is 0 Å². The third-order valence-corrected chi connectivity index (χ3v) is 12.3. The molecular formula is C49H72F6O5. The van der Waals surface area contributed by atoms with Crippen molar-refractivity contribution in [3.05, 3.63) is 71.3 Å².